The Morgan fingerprint density at radius 3 is 2.41 bits per heavy atom. The Hall–Kier alpha value is -3.36. The number of benzene rings is 3. The first-order valence-corrected chi connectivity index (χ1v) is 15.0. The summed E-state index contributed by atoms with van der Waals surface area (Å²) in [6.45, 7) is 3.49. The van der Waals surface area contributed by atoms with Crippen molar-refractivity contribution in [3.8, 4) is 11.5 Å². The second kappa shape index (κ2) is 12.2. The van der Waals surface area contributed by atoms with E-state index in [2.05, 4.69) is 5.32 Å². The van der Waals surface area contributed by atoms with Gasteiger partial charge in [-0.25, -0.2) is 0 Å². The van der Waals surface area contributed by atoms with Crippen molar-refractivity contribution in [3.63, 3.8) is 0 Å². The van der Waals surface area contributed by atoms with Crippen LogP contribution in [-0.2, 0) is 26.3 Å². The topological polar surface area (TPSA) is 119 Å². The van der Waals surface area contributed by atoms with Crippen LogP contribution in [0.15, 0.2) is 76.5 Å². The lowest BCUT2D eigenvalue weighted by Crippen LogP contribution is -2.27. The largest absolute Gasteiger partial charge is 0.490 e. The molecule has 1 heterocycles. The van der Waals surface area contributed by atoms with Gasteiger partial charge in [0.05, 0.1) is 21.6 Å². The van der Waals surface area contributed by atoms with Gasteiger partial charge >= 0.3 is 10.1 Å². The molecule has 0 saturated carbocycles. The second-order valence-corrected chi connectivity index (χ2v) is 12.0. The number of thioether (sulfide) groups is 1. The van der Waals surface area contributed by atoms with Crippen molar-refractivity contribution in [2.75, 3.05) is 11.9 Å². The fourth-order valence-corrected chi connectivity index (χ4v) is 6.31. The van der Waals surface area contributed by atoms with Gasteiger partial charge < -0.3 is 14.2 Å². The summed E-state index contributed by atoms with van der Waals surface area (Å²) in [6.07, 6.45) is 1.57. The van der Waals surface area contributed by atoms with Crippen molar-refractivity contribution in [1.82, 2.24) is 4.90 Å². The summed E-state index contributed by atoms with van der Waals surface area (Å²) in [7, 11) is -4.23. The zero-order valence-electron chi connectivity index (χ0n) is 20.8. The maximum atomic E-state index is 13.0. The van der Waals surface area contributed by atoms with Gasteiger partial charge in [0.25, 0.3) is 11.1 Å². The summed E-state index contributed by atoms with van der Waals surface area (Å²) in [5.74, 6) is -0.526. The SMILES string of the molecule is CCOc1cc(/C=C2\SC(=O)N(Cc3ccccc3)C2=O)cc(I)c1OS(=O)(=O)c1ccc(NC(C)=O)cc1. The number of hydrogen-bond acceptors (Lipinski definition) is 8. The van der Waals surface area contributed by atoms with E-state index in [1.165, 1.54) is 36.1 Å². The highest BCUT2D eigenvalue weighted by molar-refractivity contribution is 14.1. The Morgan fingerprint density at radius 1 is 1.08 bits per heavy atom. The molecule has 1 saturated heterocycles. The van der Waals surface area contributed by atoms with Gasteiger partial charge in [0.2, 0.25) is 5.91 Å². The van der Waals surface area contributed by atoms with Gasteiger partial charge in [-0.2, -0.15) is 8.42 Å². The lowest BCUT2D eigenvalue weighted by atomic mass is 10.1. The highest BCUT2D eigenvalue weighted by atomic mass is 127. The molecule has 3 amide bonds. The number of imide groups is 1. The molecule has 3 aromatic rings. The first kappa shape index (κ1) is 28.6. The molecule has 202 valence electrons. The quantitative estimate of drug-likeness (QED) is 0.175. The van der Waals surface area contributed by atoms with E-state index in [4.69, 9.17) is 8.92 Å². The van der Waals surface area contributed by atoms with E-state index in [0.717, 1.165) is 17.3 Å². The van der Waals surface area contributed by atoms with Gasteiger partial charge in [-0.15, -0.1) is 0 Å². The van der Waals surface area contributed by atoms with Crippen LogP contribution in [0.1, 0.15) is 25.0 Å². The van der Waals surface area contributed by atoms with Crippen molar-refractivity contribution in [2.24, 2.45) is 0 Å². The third kappa shape index (κ3) is 6.99. The van der Waals surface area contributed by atoms with Crippen LogP contribution >= 0.6 is 34.4 Å². The maximum Gasteiger partial charge on any atom is 0.339 e. The number of rotatable bonds is 9. The minimum atomic E-state index is -4.23. The van der Waals surface area contributed by atoms with E-state index in [0.29, 0.717) is 14.8 Å². The van der Waals surface area contributed by atoms with Crippen LogP contribution in [-0.4, -0.2) is 37.0 Å². The number of anilines is 1. The molecule has 0 spiro atoms. The molecular weight excluding hydrogens is 655 g/mol. The average Bonchev–Trinajstić information content (AvgIpc) is 3.14. The summed E-state index contributed by atoms with van der Waals surface area (Å²) in [5.41, 5.74) is 1.82. The number of carbonyl (C=O) groups is 3. The lowest BCUT2D eigenvalue weighted by molar-refractivity contribution is -0.123. The number of ether oxygens (including phenoxy) is 1. The highest BCUT2D eigenvalue weighted by Crippen LogP contribution is 2.39. The van der Waals surface area contributed by atoms with Gasteiger partial charge in [-0.1, -0.05) is 30.3 Å². The molecule has 9 nitrogen and oxygen atoms in total. The van der Waals surface area contributed by atoms with E-state index in [9.17, 15) is 22.8 Å². The Labute approximate surface area is 243 Å². The lowest BCUT2D eigenvalue weighted by Gasteiger charge is -2.15. The minimum absolute atomic E-state index is 0.00211. The molecule has 0 unspecified atom stereocenters. The minimum Gasteiger partial charge on any atom is -0.490 e. The fraction of sp³-hybridized carbons (Fsp3) is 0.148. The standard InChI is InChI=1S/C27H23IN2O7S2/c1-3-36-23-14-19(15-24-26(32)30(27(33)38-24)16-18-7-5-4-6-8-18)13-22(28)25(23)37-39(34,35)21-11-9-20(10-12-21)29-17(2)31/h4-15H,3,16H2,1-2H3,(H,29,31)/b24-15-. The van der Waals surface area contributed by atoms with E-state index in [1.54, 1.807) is 25.1 Å². The van der Waals surface area contributed by atoms with E-state index in [1.807, 2.05) is 52.9 Å². The molecule has 1 N–H and O–H groups in total. The zero-order valence-corrected chi connectivity index (χ0v) is 24.6. The zero-order chi connectivity index (χ0) is 28.2. The summed E-state index contributed by atoms with van der Waals surface area (Å²) in [6, 6.07) is 18.0. The van der Waals surface area contributed by atoms with Crippen LogP contribution in [0.2, 0.25) is 0 Å². The van der Waals surface area contributed by atoms with Crippen molar-refractivity contribution < 1.29 is 31.7 Å². The van der Waals surface area contributed by atoms with Gasteiger partial charge in [-0.05, 0) is 94.9 Å². The van der Waals surface area contributed by atoms with Crippen LogP contribution in [0.4, 0.5) is 10.5 Å². The Kier molecular flexibility index (Phi) is 8.97. The summed E-state index contributed by atoms with van der Waals surface area (Å²) in [5, 5.41) is 2.20. The molecular formula is C27H23IN2O7S2. The predicted octanol–water partition coefficient (Wildman–Crippen LogP) is 5.65. The first-order valence-electron chi connectivity index (χ1n) is 11.6. The number of amides is 3. The molecule has 1 aliphatic heterocycles. The van der Waals surface area contributed by atoms with Gasteiger partial charge in [-0.3, -0.25) is 19.3 Å². The molecule has 0 radical (unpaired) electrons. The van der Waals surface area contributed by atoms with Gasteiger partial charge in [0.1, 0.15) is 4.90 Å². The summed E-state index contributed by atoms with van der Waals surface area (Å²) < 4.78 is 37.6. The first-order chi connectivity index (χ1) is 18.6. The average molecular weight is 679 g/mol. The Balaban J connectivity index is 1.59. The predicted molar refractivity (Wildman–Crippen MR) is 157 cm³/mol. The molecule has 3 aromatic carbocycles. The number of hydrogen-bond donors (Lipinski definition) is 1. The number of halogens is 1. The number of nitrogens with zero attached hydrogens (tertiary/aromatic N) is 1. The third-order valence-corrected chi connectivity index (χ3v) is 8.29. The molecule has 0 aromatic heterocycles. The molecule has 1 fully saturated rings. The fourth-order valence-electron chi connectivity index (χ4n) is 3.63. The summed E-state index contributed by atoms with van der Waals surface area (Å²) in [4.78, 5) is 38.1. The van der Waals surface area contributed by atoms with Crippen molar-refractivity contribution >= 4 is 73.3 Å². The monoisotopic (exact) mass is 678 g/mol. The molecule has 0 atom stereocenters. The third-order valence-electron chi connectivity index (χ3n) is 5.34. The Morgan fingerprint density at radius 2 is 1.77 bits per heavy atom. The smallest absolute Gasteiger partial charge is 0.339 e. The van der Waals surface area contributed by atoms with Gasteiger partial charge in [0.15, 0.2) is 11.5 Å². The normalized spacial score (nSPS) is 14.5. The molecule has 0 bridgehead atoms. The number of carbonyl (C=O) groups excluding carboxylic acids is 3. The van der Waals surface area contributed by atoms with Crippen LogP contribution < -0.4 is 14.2 Å². The molecule has 12 heteroatoms. The number of nitrogens with one attached hydrogen (secondary N) is 1. The molecule has 4 rings (SSSR count). The van der Waals surface area contributed by atoms with Crippen LogP contribution in [0.5, 0.6) is 11.5 Å². The highest BCUT2D eigenvalue weighted by Gasteiger charge is 2.35. The van der Waals surface area contributed by atoms with Crippen LogP contribution in [0.25, 0.3) is 6.08 Å². The van der Waals surface area contributed by atoms with E-state index in [-0.39, 0.29) is 45.6 Å². The maximum absolute atomic E-state index is 13.0. The van der Waals surface area contributed by atoms with Crippen LogP contribution in [0, 0.1) is 3.57 Å². The van der Waals surface area contributed by atoms with Crippen molar-refractivity contribution in [2.45, 2.75) is 25.3 Å². The second-order valence-electron chi connectivity index (χ2n) is 8.26. The van der Waals surface area contributed by atoms with Crippen LogP contribution in [0.3, 0.4) is 0 Å². The molecule has 1 aliphatic rings. The van der Waals surface area contributed by atoms with E-state index < -0.39 is 16.0 Å². The molecule has 39 heavy (non-hydrogen) atoms. The summed E-state index contributed by atoms with van der Waals surface area (Å²) >= 11 is 2.77. The Bertz CT molecular complexity index is 1560. The van der Waals surface area contributed by atoms with Crippen molar-refractivity contribution in [3.05, 3.63) is 86.3 Å². The van der Waals surface area contributed by atoms with Crippen molar-refractivity contribution in [1.29, 1.82) is 0 Å². The van der Waals surface area contributed by atoms with Gasteiger partial charge in [0, 0.05) is 12.6 Å². The molecule has 0 aliphatic carbocycles. The van der Waals surface area contributed by atoms with E-state index >= 15 is 0 Å².